The zero-order valence-electron chi connectivity index (χ0n) is 15.4. The van der Waals surface area contributed by atoms with Gasteiger partial charge < -0.3 is 14.9 Å². The Labute approximate surface area is 131 Å². The molecule has 2 N–H and O–H groups in total. The van der Waals surface area contributed by atoms with Gasteiger partial charge in [0.2, 0.25) is 0 Å². The molecule has 0 aromatic heterocycles. The Hall–Kier alpha value is -0.393. The number of rotatable bonds is 6. The van der Waals surface area contributed by atoms with Gasteiger partial charge in [0, 0.05) is 12.6 Å². The molecule has 0 heterocycles. The van der Waals surface area contributed by atoms with E-state index >= 15 is 0 Å². The molecule has 0 aliphatic rings. The van der Waals surface area contributed by atoms with E-state index in [1.807, 2.05) is 27.7 Å². The number of hydrogen-bond acceptors (Lipinski definition) is 4. The third-order valence-corrected chi connectivity index (χ3v) is 8.57. The summed E-state index contributed by atoms with van der Waals surface area (Å²) in [6.07, 6.45) is 0.235. The van der Waals surface area contributed by atoms with Crippen LogP contribution in [0, 0.1) is 5.92 Å². The fourth-order valence-electron chi connectivity index (χ4n) is 1.46. The van der Waals surface area contributed by atoms with E-state index in [9.17, 15) is 4.79 Å². The lowest BCUT2D eigenvalue weighted by molar-refractivity contribution is -0.155. The Kier molecular flexibility index (Phi) is 7.11. The summed E-state index contributed by atoms with van der Waals surface area (Å²) in [7, 11) is -1.76. The Balaban J connectivity index is 4.35. The number of nitrogens with two attached hydrogens (primary N) is 1. The average Bonchev–Trinajstić information content (AvgIpc) is 2.21. The number of carbonyl (C=O) groups is 1. The Morgan fingerprint density at radius 2 is 1.62 bits per heavy atom. The molecular weight excluding hydrogens is 282 g/mol. The molecule has 5 heteroatoms. The molecular formula is C16H35NO3Si. The maximum atomic E-state index is 11.8. The molecule has 0 unspecified atom stereocenters. The van der Waals surface area contributed by atoms with Gasteiger partial charge in [-0.05, 0) is 44.8 Å². The first kappa shape index (κ1) is 20.6. The lowest BCUT2D eigenvalue weighted by atomic mass is 10.0. The van der Waals surface area contributed by atoms with Crippen molar-refractivity contribution in [2.45, 2.75) is 84.7 Å². The highest BCUT2D eigenvalue weighted by Gasteiger charge is 2.37. The van der Waals surface area contributed by atoms with Gasteiger partial charge in [-0.15, -0.1) is 0 Å². The summed E-state index contributed by atoms with van der Waals surface area (Å²) < 4.78 is 11.5. The van der Waals surface area contributed by atoms with Crippen molar-refractivity contribution in [1.29, 1.82) is 0 Å². The van der Waals surface area contributed by atoms with E-state index in [4.69, 9.17) is 14.9 Å². The van der Waals surface area contributed by atoms with Gasteiger partial charge in [-0.2, -0.15) is 0 Å². The van der Waals surface area contributed by atoms with Crippen molar-refractivity contribution in [3.8, 4) is 0 Å². The molecule has 21 heavy (non-hydrogen) atoms. The number of carbonyl (C=O) groups excluding carboxylic acids is 1. The molecule has 0 aromatic carbocycles. The largest absolute Gasteiger partial charge is 0.460 e. The van der Waals surface area contributed by atoms with E-state index in [1.54, 1.807) is 0 Å². The first-order valence-electron chi connectivity index (χ1n) is 7.77. The Morgan fingerprint density at radius 1 is 1.14 bits per heavy atom. The zero-order valence-corrected chi connectivity index (χ0v) is 16.4. The molecule has 0 rings (SSSR count). The second-order valence-electron chi connectivity index (χ2n) is 8.50. The van der Waals surface area contributed by atoms with Crippen LogP contribution in [0.5, 0.6) is 0 Å². The van der Waals surface area contributed by atoms with Gasteiger partial charge in [0.15, 0.2) is 8.32 Å². The molecule has 0 aliphatic heterocycles. The molecule has 0 spiro atoms. The van der Waals surface area contributed by atoms with Gasteiger partial charge in [0.1, 0.15) is 5.60 Å². The van der Waals surface area contributed by atoms with Gasteiger partial charge in [-0.3, -0.25) is 4.79 Å². The molecule has 0 saturated heterocycles. The quantitative estimate of drug-likeness (QED) is 0.599. The number of hydrogen-bond donors (Lipinski definition) is 1. The molecule has 0 amide bonds. The van der Waals surface area contributed by atoms with Crippen LogP contribution in [-0.4, -0.2) is 32.5 Å². The summed E-state index contributed by atoms with van der Waals surface area (Å²) in [5.74, 6) is -0.110. The van der Waals surface area contributed by atoms with Crippen molar-refractivity contribution in [1.82, 2.24) is 0 Å². The van der Waals surface area contributed by atoms with Crippen molar-refractivity contribution < 1.29 is 14.0 Å². The lowest BCUT2D eigenvalue weighted by Crippen LogP contribution is -2.44. The standard InChI is InChI=1S/C16H35NO3Si/c1-12(11-19-21(8,9)16(5,6)7)13(17)10-14(18)20-15(2,3)4/h12-13H,10-11,17H2,1-9H3/t12-,13+/m0/s1. The maximum Gasteiger partial charge on any atom is 0.307 e. The Morgan fingerprint density at radius 3 is 2.00 bits per heavy atom. The van der Waals surface area contributed by atoms with Gasteiger partial charge >= 0.3 is 5.97 Å². The molecule has 126 valence electrons. The van der Waals surface area contributed by atoms with E-state index in [1.165, 1.54) is 0 Å². The molecule has 0 aromatic rings. The first-order chi connectivity index (χ1) is 9.16. The van der Waals surface area contributed by atoms with Crippen LogP contribution in [0.2, 0.25) is 18.1 Å². The van der Waals surface area contributed by atoms with E-state index in [0.717, 1.165) is 0 Å². The van der Waals surface area contributed by atoms with Crippen LogP contribution >= 0.6 is 0 Å². The summed E-state index contributed by atoms with van der Waals surface area (Å²) in [4.78, 5) is 11.8. The number of esters is 1. The predicted octanol–water partition coefficient (Wildman–Crippen LogP) is 3.70. The fourth-order valence-corrected chi connectivity index (χ4v) is 2.57. The van der Waals surface area contributed by atoms with Crippen LogP contribution in [-0.2, 0) is 14.0 Å². The molecule has 0 aliphatic carbocycles. The minimum absolute atomic E-state index is 0.131. The van der Waals surface area contributed by atoms with Crippen LogP contribution in [0.15, 0.2) is 0 Å². The third kappa shape index (κ3) is 7.98. The van der Waals surface area contributed by atoms with Crippen LogP contribution in [0.4, 0.5) is 0 Å². The molecule has 4 nitrogen and oxygen atoms in total. The predicted molar refractivity (Wildman–Crippen MR) is 90.8 cm³/mol. The van der Waals surface area contributed by atoms with Crippen molar-refractivity contribution in [3.05, 3.63) is 0 Å². The SMILES string of the molecule is C[C@@H](CO[Si](C)(C)C(C)(C)C)[C@H](N)CC(=O)OC(C)(C)C. The normalized spacial score (nSPS) is 16.5. The third-order valence-electron chi connectivity index (χ3n) is 4.07. The Bertz CT molecular complexity index is 342. The highest BCUT2D eigenvalue weighted by Crippen LogP contribution is 2.36. The highest BCUT2D eigenvalue weighted by atomic mass is 28.4. The summed E-state index contributed by atoms with van der Waals surface area (Å²) in [6, 6.07) is -0.232. The van der Waals surface area contributed by atoms with E-state index in [-0.39, 0.29) is 29.4 Å². The van der Waals surface area contributed by atoms with Crippen molar-refractivity contribution in [3.63, 3.8) is 0 Å². The van der Waals surface area contributed by atoms with Gasteiger partial charge in [0.25, 0.3) is 0 Å². The van der Waals surface area contributed by atoms with Crippen molar-refractivity contribution >= 4 is 14.3 Å². The van der Waals surface area contributed by atoms with Crippen LogP contribution in [0.25, 0.3) is 0 Å². The van der Waals surface area contributed by atoms with E-state index in [0.29, 0.717) is 6.61 Å². The summed E-state index contributed by atoms with van der Waals surface area (Å²) in [6.45, 7) is 19.3. The lowest BCUT2D eigenvalue weighted by Gasteiger charge is -2.37. The number of ether oxygens (including phenoxy) is 1. The molecule has 0 radical (unpaired) electrons. The van der Waals surface area contributed by atoms with E-state index < -0.39 is 13.9 Å². The van der Waals surface area contributed by atoms with Crippen molar-refractivity contribution in [2.75, 3.05) is 6.61 Å². The second-order valence-corrected chi connectivity index (χ2v) is 13.3. The van der Waals surface area contributed by atoms with Crippen LogP contribution in [0.3, 0.4) is 0 Å². The maximum absolute atomic E-state index is 11.8. The van der Waals surface area contributed by atoms with Gasteiger partial charge in [-0.25, -0.2) is 0 Å². The summed E-state index contributed by atoms with van der Waals surface area (Å²) in [5, 5.41) is 0.183. The minimum Gasteiger partial charge on any atom is -0.460 e. The monoisotopic (exact) mass is 317 g/mol. The minimum atomic E-state index is -1.76. The topological polar surface area (TPSA) is 61.5 Å². The van der Waals surface area contributed by atoms with Crippen molar-refractivity contribution in [2.24, 2.45) is 11.7 Å². The average molecular weight is 318 g/mol. The highest BCUT2D eigenvalue weighted by molar-refractivity contribution is 6.74. The van der Waals surface area contributed by atoms with Crippen LogP contribution in [0.1, 0.15) is 54.9 Å². The fraction of sp³-hybridized carbons (Fsp3) is 0.938. The first-order valence-corrected chi connectivity index (χ1v) is 10.7. The summed E-state index contributed by atoms with van der Waals surface area (Å²) in [5.41, 5.74) is 5.65. The van der Waals surface area contributed by atoms with Gasteiger partial charge in [-0.1, -0.05) is 27.7 Å². The van der Waals surface area contributed by atoms with E-state index in [2.05, 4.69) is 33.9 Å². The molecule has 0 fully saturated rings. The van der Waals surface area contributed by atoms with Gasteiger partial charge in [0.05, 0.1) is 6.42 Å². The molecule has 2 atom stereocenters. The summed E-state index contributed by atoms with van der Waals surface area (Å²) >= 11 is 0. The molecule has 0 saturated carbocycles. The smallest absolute Gasteiger partial charge is 0.307 e. The second kappa shape index (κ2) is 7.25. The molecule has 0 bridgehead atoms. The zero-order chi connectivity index (χ0) is 17.1. The van der Waals surface area contributed by atoms with Crippen LogP contribution < -0.4 is 5.73 Å².